The van der Waals surface area contributed by atoms with E-state index in [1.165, 1.54) is 11.1 Å². The highest BCUT2D eigenvalue weighted by molar-refractivity contribution is 5.22. The molecule has 0 radical (unpaired) electrons. The Bertz CT molecular complexity index is 373. The molecule has 0 unspecified atom stereocenters. The molecule has 0 saturated carbocycles. The smallest absolute Gasteiger partial charge is 0.0494 e. The molecule has 0 saturated heterocycles. The fraction of sp³-hybridized carbons (Fsp3) is 0.429. The third-order valence-corrected chi connectivity index (χ3v) is 3.06. The van der Waals surface area contributed by atoms with E-state index in [4.69, 9.17) is 5.11 Å². The molecule has 16 heavy (non-hydrogen) atoms. The van der Waals surface area contributed by atoms with Gasteiger partial charge in [0.15, 0.2) is 0 Å². The van der Waals surface area contributed by atoms with Gasteiger partial charge in [0.1, 0.15) is 0 Å². The number of hydrogen-bond acceptors (Lipinski definition) is 2. The molecule has 2 atom stereocenters. The normalized spacial score (nSPS) is 23.9. The van der Waals surface area contributed by atoms with Crippen LogP contribution in [0.3, 0.4) is 0 Å². The predicted molar refractivity (Wildman–Crippen MR) is 66.1 cm³/mol. The van der Waals surface area contributed by atoms with Crippen LogP contribution in [0.25, 0.3) is 0 Å². The van der Waals surface area contributed by atoms with Crippen LogP contribution in [0.4, 0.5) is 0 Å². The number of aliphatic hydroxyl groups excluding tert-OH is 1. The largest absolute Gasteiger partial charge is 0.396 e. The Morgan fingerprint density at radius 3 is 2.94 bits per heavy atom. The molecule has 1 aliphatic carbocycles. The van der Waals surface area contributed by atoms with E-state index in [1.54, 1.807) is 0 Å². The lowest BCUT2D eigenvalue weighted by atomic mass is 10.1. The Morgan fingerprint density at radius 2 is 2.25 bits per heavy atom. The first-order chi connectivity index (χ1) is 7.78. The minimum absolute atomic E-state index is 0.263. The van der Waals surface area contributed by atoms with Gasteiger partial charge in [-0.2, -0.15) is 0 Å². The lowest BCUT2D eigenvalue weighted by Crippen LogP contribution is -2.26. The van der Waals surface area contributed by atoms with E-state index in [2.05, 4.69) is 48.7 Å². The average molecular weight is 217 g/mol. The minimum atomic E-state index is 0.263. The molecule has 0 aliphatic heterocycles. The van der Waals surface area contributed by atoms with E-state index in [0.29, 0.717) is 12.0 Å². The summed E-state index contributed by atoms with van der Waals surface area (Å²) < 4.78 is 0. The summed E-state index contributed by atoms with van der Waals surface area (Å²) in [6, 6.07) is 8.96. The molecule has 1 aliphatic rings. The van der Waals surface area contributed by atoms with Crippen molar-refractivity contribution in [3.63, 3.8) is 0 Å². The van der Waals surface area contributed by atoms with Crippen LogP contribution in [-0.2, 0) is 6.54 Å². The van der Waals surface area contributed by atoms with Gasteiger partial charge in [0.2, 0.25) is 0 Å². The zero-order valence-electron chi connectivity index (χ0n) is 9.69. The molecule has 0 amide bonds. The fourth-order valence-corrected chi connectivity index (χ4v) is 2.13. The molecular weight excluding hydrogens is 198 g/mol. The zero-order valence-corrected chi connectivity index (χ0v) is 9.69. The summed E-state index contributed by atoms with van der Waals surface area (Å²) in [5, 5.41) is 12.5. The molecule has 1 aromatic carbocycles. The monoisotopic (exact) mass is 217 g/mol. The summed E-state index contributed by atoms with van der Waals surface area (Å²) >= 11 is 0. The van der Waals surface area contributed by atoms with Gasteiger partial charge in [0, 0.05) is 25.1 Å². The van der Waals surface area contributed by atoms with Crippen LogP contribution in [-0.4, -0.2) is 17.8 Å². The Kier molecular flexibility index (Phi) is 3.75. The van der Waals surface area contributed by atoms with Crippen molar-refractivity contribution in [1.29, 1.82) is 0 Å². The first-order valence-corrected chi connectivity index (χ1v) is 5.86. The number of benzene rings is 1. The molecule has 2 rings (SSSR count). The lowest BCUT2D eigenvalue weighted by Gasteiger charge is -2.12. The summed E-state index contributed by atoms with van der Waals surface area (Å²) in [5.41, 5.74) is 2.62. The second-order valence-electron chi connectivity index (χ2n) is 4.54. The molecule has 2 heteroatoms. The van der Waals surface area contributed by atoms with Gasteiger partial charge in [0.25, 0.3) is 0 Å². The second kappa shape index (κ2) is 5.28. The highest BCUT2D eigenvalue weighted by atomic mass is 16.3. The SMILES string of the molecule is Cc1cccc(CN[C@@H]2C=C[C@H](CO)C2)c1. The van der Waals surface area contributed by atoms with Gasteiger partial charge in [-0.25, -0.2) is 0 Å². The van der Waals surface area contributed by atoms with Gasteiger partial charge >= 0.3 is 0 Å². The topological polar surface area (TPSA) is 32.3 Å². The van der Waals surface area contributed by atoms with Gasteiger partial charge < -0.3 is 10.4 Å². The van der Waals surface area contributed by atoms with Crippen molar-refractivity contribution in [2.75, 3.05) is 6.61 Å². The molecule has 0 aromatic heterocycles. The number of aryl methyl sites for hydroxylation is 1. The Labute approximate surface area is 97.0 Å². The quantitative estimate of drug-likeness (QED) is 0.756. The Balaban J connectivity index is 1.82. The minimum Gasteiger partial charge on any atom is -0.396 e. The van der Waals surface area contributed by atoms with E-state index in [-0.39, 0.29) is 6.61 Å². The Morgan fingerprint density at radius 1 is 1.38 bits per heavy atom. The van der Waals surface area contributed by atoms with Crippen molar-refractivity contribution in [2.24, 2.45) is 5.92 Å². The summed E-state index contributed by atoms with van der Waals surface area (Å²) in [6.45, 7) is 3.27. The fourth-order valence-electron chi connectivity index (χ4n) is 2.13. The van der Waals surface area contributed by atoms with Crippen molar-refractivity contribution < 1.29 is 5.11 Å². The molecule has 0 spiro atoms. The Hall–Kier alpha value is -1.12. The van der Waals surface area contributed by atoms with E-state index >= 15 is 0 Å². The van der Waals surface area contributed by atoms with E-state index in [9.17, 15) is 0 Å². The number of hydrogen-bond donors (Lipinski definition) is 2. The number of rotatable bonds is 4. The van der Waals surface area contributed by atoms with Crippen LogP contribution in [0.1, 0.15) is 17.5 Å². The van der Waals surface area contributed by atoms with Crippen LogP contribution in [0, 0.1) is 12.8 Å². The maximum absolute atomic E-state index is 9.03. The zero-order chi connectivity index (χ0) is 11.4. The van der Waals surface area contributed by atoms with Crippen molar-refractivity contribution in [3.8, 4) is 0 Å². The van der Waals surface area contributed by atoms with Crippen LogP contribution < -0.4 is 5.32 Å². The van der Waals surface area contributed by atoms with Gasteiger partial charge in [-0.05, 0) is 18.9 Å². The molecule has 2 N–H and O–H groups in total. The highest BCUT2D eigenvalue weighted by Gasteiger charge is 2.17. The maximum atomic E-state index is 9.03. The summed E-state index contributed by atoms with van der Waals surface area (Å²) in [7, 11) is 0. The molecular formula is C14H19NO. The van der Waals surface area contributed by atoms with Crippen LogP contribution in [0.5, 0.6) is 0 Å². The highest BCUT2D eigenvalue weighted by Crippen LogP contribution is 2.17. The standard InChI is InChI=1S/C14H19NO/c1-11-3-2-4-12(7-11)9-15-14-6-5-13(8-14)10-16/h2-7,13-16H,8-10H2,1H3/t13-,14+/m0/s1. The van der Waals surface area contributed by atoms with Gasteiger partial charge in [-0.1, -0.05) is 42.0 Å². The van der Waals surface area contributed by atoms with Crippen LogP contribution in [0.15, 0.2) is 36.4 Å². The first kappa shape index (κ1) is 11.4. The van der Waals surface area contributed by atoms with Crippen molar-refractivity contribution in [2.45, 2.75) is 25.9 Å². The van der Waals surface area contributed by atoms with E-state index < -0.39 is 0 Å². The summed E-state index contributed by atoms with van der Waals surface area (Å²) in [5.74, 6) is 0.343. The summed E-state index contributed by atoms with van der Waals surface area (Å²) in [4.78, 5) is 0. The molecule has 0 fully saturated rings. The predicted octanol–water partition coefficient (Wildman–Crippen LogP) is 2.02. The van der Waals surface area contributed by atoms with Crippen LogP contribution >= 0.6 is 0 Å². The molecule has 2 nitrogen and oxygen atoms in total. The molecule has 86 valence electrons. The van der Waals surface area contributed by atoms with Gasteiger partial charge in [-0.15, -0.1) is 0 Å². The maximum Gasteiger partial charge on any atom is 0.0494 e. The number of nitrogens with one attached hydrogen (secondary N) is 1. The van der Waals surface area contributed by atoms with Crippen molar-refractivity contribution in [1.82, 2.24) is 5.32 Å². The third kappa shape index (κ3) is 2.94. The van der Waals surface area contributed by atoms with Gasteiger partial charge in [-0.3, -0.25) is 0 Å². The molecule has 1 aromatic rings. The van der Waals surface area contributed by atoms with Crippen LogP contribution in [0.2, 0.25) is 0 Å². The summed E-state index contributed by atoms with van der Waals surface area (Å²) in [6.07, 6.45) is 5.28. The number of aliphatic hydroxyl groups is 1. The van der Waals surface area contributed by atoms with Gasteiger partial charge in [0.05, 0.1) is 0 Å². The lowest BCUT2D eigenvalue weighted by molar-refractivity contribution is 0.246. The molecule has 0 heterocycles. The van der Waals surface area contributed by atoms with E-state index in [0.717, 1.165) is 13.0 Å². The average Bonchev–Trinajstić information content (AvgIpc) is 2.74. The van der Waals surface area contributed by atoms with Crippen molar-refractivity contribution >= 4 is 0 Å². The second-order valence-corrected chi connectivity index (χ2v) is 4.54. The molecule has 0 bridgehead atoms. The van der Waals surface area contributed by atoms with E-state index in [1.807, 2.05) is 0 Å². The third-order valence-electron chi connectivity index (χ3n) is 3.06. The first-order valence-electron chi connectivity index (χ1n) is 5.86. The van der Waals surface area contributed by atoms with Crippen molar-refractivity contribution in [3.05, 3.63) is 47.5 Å².